The largest absolute Gasteiger partial charge is 0.458 e. The van der Waals surface area contributed by atoms with Crippen molar-refractivity contribution in [3.05, 3.63) is 320 Å². The van der Waals surface area contributed by atoms with Gasteiger partial charge in [0.05, 0.1) is 39.1 Å². The highest BCUT2D eigenvalue weighted by molar-refractivity contribution is 7.02. The van der Waals surface area contributed by atoms with Crippen molar-refractivity contribution in [3.63, 3.8) is 0 Å². The second kappa shape index (κ2) is 23.8. The summed E-state index contributed by atoms with van der Waals surface area (Å²) in [4.78, 5) is 7.75. The Balaban J connectivity index is 0.930. The molecule has 4 aliphatic rings. The number of hydrogen-bond acceptors (Lipinski definition) is 4. The molecule has 0 unspecified atom stereocenters. The molecule has 0 saturated heterocycles. The lowest BCUT2D eigenvalue weighted by Crippen LogP contribution is -2.64. The predicted molar refractivity (Wildman–Crippen MR) is 461 cm³/mol. The van der Waals surface area contributed by atoms with Crippen LogP contribution < -0.4 is 52.2 Å². The van der Waals surface area contributed by atoms with E-state index in [1.807, 2.05) is 0 Å². The molecule has 20 rings (SSSR count). The number of aromatic nitrogens is 2. The Kier molecular flexibility index (Phi) is 14.4. The van der Waals surface area contributed by atoms with Crippen LogP contribution in [0.2, 0.25) is 0 Å². The lowest BCUT2D eigenvalue weighted by molar-refractivity contribution is 0.487. The minimum absolute atomic E-state index is 0.0970. The van der Waals surface area contributed by atoms with Gasteiger partial charge in [-0.05, 0) is 167 Å². The van der Waals surface area contributed by atoms with Crippen molar-refractivity contribution in [2.45, 2.75) is 105 Å². The molecule has 0 amide bonds. The summed E-state index contributed by atoms with van der Waals surface area (Å²) in [6, 6.07) is 113. The number of fused-ring (bicyclic) bond motifs is 14. The van der Waals surface area contributed by atoms with Crippen molar-refractivity contribution < 1.29 is 4.74 Å². The summed E-state index contributed by atoms with van der Waals surface area (Å²) in [5.74, 6) is 1.66. The Hall–Kier alpha value is -12.0. The van der Waals surface area contributed by atoms with E-state index in [1.165, 1.54) is 87.7 Å². The third-order valence-electron chi connectivity index (χ3n) is 23.7. The Morgan fingerprint density at radius 1 is 0.250 bits per heavy atom. The van der Waals surface area contributed by atoms with Gasteiger partial charge in [0, 0.05) is 90.3 Å². The number of ether oxygens (including phenoxy) is 1. The maximum Gasteiger partial charge on any atom is 0.256 e. The number of para-hydroxylation sites is 5. The van der Waals surface area contributed by atoms with E-state index in [4.69, 9.17) is 4.74 Å². The van der Waals surface area contributed by atoms with Gasteiger partial charge in [-0.3, -0.25) is 0 Å². The average Bonchev–Trinajstić information content (AvgIpc) is 0.736. The van der Waals surface area contributed by atoms with Crippen molar-refractivity contribution in [2.24, 2.45) is 0 Å². The van der Waals surface area contributed by atoms with Gasteiger partial charge in [-0.15, -0.1) is 0 Å². The maximum atomic E-state index is 8.14. The number of nitrogens with zero attached hydrogens (tertiary/aromatic N) is 5. The van der Waals surface area contributed by atoms with Gasteiger partial charge in [0.15, 0.2) is 0 Å². The van der Waals surface area contributed by atoms with Gasteiger partial charge >= 0.3 is 0 Å². The van der Waals surface area contributed by atoms with Crippen LogP contribution in [0.4, 0.5) is 51.2 Å². The topological polar surface area (TPSA) is 28.8 Å². The minimum atomic E-state index is -0.242. The first kappa shape index (κ1) is 65.5. The van der Waals surface area contributed by atoms with Crippen LogP contribution in [0.1, 0.15) is 105 Å². The van der Waals surface area contributed by atoms with E-state index in [0.29, 0.717) is 0 Å². The third kappa shape index (κ3) is 10.1. The summed E-state index contributed by atoms with van der Waals surface area (Å²) in [5, 5.41) is 4.90. The second-order valence-corrected chi connectivity index (χ2v) is 34.5. The quantitative estimate of drug-likeness (QED) is 0.149. The van der Waals surface area contributed by atoms with Crippen molar-refractivity contribution in [2.75, 3.05) is 14.7 Å². The van der Waals surface area contributed by atoms with Crippen LogP contribution in [-0.2, 0) is 21.7 Å². The minimum Gasteiger partial charge on any atom is -0.458 e. The number of benzene rings is 14. The molecule has 6 nitrogen and oxygen atoms in total. The summed E-state index contributed by atoms with van der Waals surface area (Å²) in [5.41, 5.74) is 33.1. The molecule has 522 valence electrons. The molecular weight excluding hydrogens is 1310 g/mol. The van der Waals surface area contributed by atoms with Crippen LogP contribution in [0.25, 0.3) is 77.2 Å². The first-order valence-corrected chi connectivity index (χ1v) is 38.5. The van der Waals surface area contributed by atoms with Gasteiger partial charge in [0.1, 0.15) is 11.5 Å². The molecule has 0 fully saturated rings. The van der Waals surface area contributed by atoms with Gasteiger partial charge in [0.2, 0.25) is 0 Å². The first-order chi connectivity index (χ1) is 52.1. The summed E-state index contributed by atoms with van der Waals surface area (Å²) in [6.45, 7) is 27.5. The molecule has 0 bridgehead atoms. The molecule has 0 radical (unpaired) electrons. The van der Waals surface area contributed by atoms with Crippen LogP contribution in [0.3, 0.4) is 0 Å². The average molecular weight is 1390 g/mol. The third-order valence-corrected chi connectivity index (χ3v) is 23.7. The fraction of sp³-hybridized carbons (Fsp3) is 0.160. The molecule has 108 heavy (non-hydrogen) atoms. The molecule has 16 aromatic rings. The molecule has 14 aromatic carbocycles. The normalized spacial score (nSPS) is 13.7. The number of anilines is 9. The first-order valence-electron chi connectivity index (χ1n) is 38.5. The van der Waals surface area contributed by atoms with E-state index in [-0.39, 0.29) is 35.1 Å². The molecule has 0 atom stereocenters. The molecule has 2 aromatic heterocycles. The highest BCUT2D eigenvalue weighted by Crippen LogP contribution is 2.54. The smallest absolute Gasteiger partial charge is 0.256 e. The Bertz CT molecular complexity index is 6200. The van der Waals surface area contributed by atoms with E-state index in [1.54, 1.807) is 0 Å². The van der Waals surface area contributed by atoms with E-state index in [2.05, 4.69) is 404 Å². The van der Waals surface area contributed by atoms with Gasteiger partial charge in [-0.2, -0.15) is 0 Å². The summed E-state index contributed by atoms with van der Waals surface area (Å²) in [7, 11) is 0. The number of hydrogen-bond donors (Lipinski definition) is 0. The van der Waals surface area contributed by atoms with Crippen LogP contribution in [-0.4, -0.2) is 22.6 Å². The zero-order valence-corrected chi connectivity index (χ0v) is 63.6. The van der Waals surface area contributed by atoms with E-state index >= 15 is 0 Å². The Labute approximate surface area is 634 Å². The van der Waals surface area contributed by atoms with Crippen LogP contribution in [0.5, 0.6) is 11.5 Å². The number of rotatable bonds is 7. The molecule has 0 saturated carbocycles. The molecule has 6 heterocycles. The van der Waals surface area contributed by atoms with E-state index in [9.17, 15) is 0 Å². The summed E-state index contributed by atoms with van der Waals surface area (Å²) < 4.78 is 13.3. The highest BCUT2D eigenvalue weighted by Gasteiger charge is 2.49. The van der Waals surface area contributed by atoms with Crippen LogP contribution in [0, 0.1) is 0 Å². The molecule has 0 spiro atoms. The summed E-state index contributed by atoms with van der Waals surface area (Å²) in [6.07, 6.45) is 0. The molecule has 0 N–H and O–H groups in total. The second-order valence-electron chi connectivity index (χ2n) is 34.5. The fourth-order valence-electron chi connectivity index (χ4n) is 18.3. The molecule has 4 aliphatic heterocycles. The van der Waals surface area contributed by atoms with Crippen molar-refractivity contribution in [3.8, 4) is 45.1 Å². The Morgan fingerprint density at radius 3 is 1.03 bits per heavy atom. The Morgan fingerprint density at radius 2 is 0.611 bits per heavy atom. The van der Waals surface area contributed by atoms with Gasteiger partial charge in [0.25, 0.3) is 13.4 Å². The van der Waals surface area contributed by atoms with Crippen molar-refractivity contribution in [1.82, 2.24) is 9.13 Å². The fourth-order valence-corrected chi connectivity index (χ4v) is 18.3. The van der Waals surface area contributed by atoms with E-state index in [0.717, 1.165) is 107 Å². The van der Waals surface area contributed by atoms with Gasteiger partial charge < -0.3 is 28.6 Å². The van der Waals surface area contributed by atoms with Crippen molar-refractivity contribution >= 4 is 141 Å². The van der Waals surface area contributed by atoms with Crippen molar-refractivity contribution in [1.29, 1.82) is 0 Å². The SMILES string of the molecule is CC(C)(C)c1ccc2c3ccc(C(C)(C)C)cc3n(-c3cc4c5c(c3)N(c3ccccc3)c3ccccc3B5c3cc5c(cc3O4)N(c3c(-c4ccccc4)cccc3-c3ccccc3)c3cc(-n4c6cc(C(C)(C)C)ccc6c6ccc(C(C)(C)C)cc64)cc4c3B5c3ccccc3N4c3ccccc3)c2c1. The lowest BCUT2D eigenvalue weighted by Gasteiger charge is -2.46. The zero-order chi connectivity index (χ0) is 73.6. The molecule has 8 heteroatoms. The molecule has 0 aliphatic carbocycles. The zero-order valence-electron chi connectivity index (χ0n) is 63.6. The standard InChI is InChI=1S/C100H85B2N5O/c1-97(2,3)64-44-48-74-75-49-45-65(98(4,5)6)53-85(75)105(84(74)52-64)70-56-89-94-90(57-70)107(96-72(62-30-17-13-18-31-62)38-29-39-73(96)63-32-19-14-20-33-63)88-61-92-81(60-80(88)101(94)78-40-25-27-42-82(78)103(89)68-34-21-15-22-35-68)102-79-41-26-28-43-83(79)104(69-36-23-16-24-37-69)91-58-71(59-93(108-92)95(91)102)106-86-54-66(99(7,8)9)46-50-76(86)77-51-47-67(55-87(77)106)100(10,11)12/h13-61H,1-12H3. The van der Waals surface area contributed by atoms with Gasteiger partial charge in [-0.1, -0.05) is 289 Å². The lowest BCUT2D eigenvalue weighted by atomic mass is 9.30. The van der Waals surface area contributed by atoms with Crippen LogP contribution >= 0.6 is 0 Å². The molecular formula is C100H85B2N5O. The highest BCUT2D eigenvalue weighted by atomic mass is 16.5. The van der Waals surface area contributed by atoms with Gasteiger partial charge in [-0.25, -0.2) is 0 Å². The van der Waals surface area contributed by atoms with Crippen LogP contribution in [0.15, 0.2) is 297 Å². The van der Waals surface area contributed by atoms with E-state index < -0.39 is 0 Å². The monoisotopic (exact) mass is 1390 g/mol. The summed E-state index contributed by atoms with van der Waals surface area (Å²) >= 11 is 0. The predicted octanol–water partition coefficient (Wildman–Crippen LogP) is 22.9. The maximum absolute atomic E-state index is 8.14.